The van der Waals surface area contributed by atoms with E-state index < -0.39 is 15.9 Å². The van der Waals surface area contributed by atoms with Crippen LogP contribution in [0.3, 0.4) is 0 Å². The molecule has 0 aromatic heterocycles. The molecule has 0 bridgehead atoms. The van der Waals surface area contributed by atoms with E-state index in [2.05, 4.69) is 16.0 Å². The SMILES string of the molecule is CC.COc1cc(S(=O)(=O)Cc2ccc3c(c2)CNC3)ccc1NC(=O)NC(C)c1ccccc1. The predicted octanol–water partition coefficient (Wildman–Crippen LogP) is 5.18. The van der Waals surface area contributed by atoms with Gasteiger partial charge in [0, 0.05) is 19.2 Å². The van der Waals surface area contributed by atoms with Crippen molar-refractivity contribution in [2.45, 2.75) is 50.6 Å². The van der Waals surface area contributed by atoms with Crippen LogP contribution in [0.25, 0.3) is 0 Å². The van der Waals surface area contributed by atoms with Gasteiger partial charge in [-0.15, -0.1) is 0 Å². The molecular formula is C27H33N3O4S. The zero-order valence-electron chi connectivity index (χ0n) is 20.6. The second-order valence-corrected chi connectivity index (χ2v) is 10.0. The fourth-order valence-corrected chi connectivity index (χ4v) is 5.24. The van der Waals surface area contributed by atoms with Crippen LogP contribution in [-0.4, -0.2) is 21.6 Å². The molecule has 1 atom stereocenters. The van der Waals surface area contributed by atoms with E-state index in [1.165, 1.54) is 24.8 Å². The van der Waals surface area contributed by atoms with Gasteiger partial charge < -0.3 is 20.7 Å². The van der Waals surface area contributed by atoms with Crippen molar-refractivity contribution in [3.8, 4) is 5.75 Å². The van der Waals surface area contributed by atoms with Gasteiger partial charge in [0.05, 0.1) is 29.5 Å². The summed E-state index contributed by atoms with van der Waals surface area (Å²) in [5.74, 6) is 0.169. The van der Waals surface area contributed by atoms with Gasteiger partial charge in [-0.1, -0.05) is 62.4 Å². The van der Waals surface area contributed by atoms with E-state index in [1.807, 2.05) is 69.3 Å². The molecule has 1 aliphatic heterocycles. The summed E-state index contributed by atoms with van der Waals surface area (Å²) in [4.78, 5) is 12.6. The maximum absolute atomic E-state index is 13.0. The number of benzene rings is 3. The number of hydrogen-bond acceptors (Lipinski definition) is 5. The number of sulfone groups is 1. The number of amides is 2. The lowest BCUT2D eigenvalue weighted by atomic mass is 10.1. The minimum atomic E-state index is -3.59. The number of hydrogen-bond donors (Lipinski definition) is 3. The molecule has 0 saturated heterocycles. The zero-order chi connectivity index (χ0) is 25.4. The maximum Gasteiger partial charge on any atom is 0.319 e. The summed E-state index contributed by atoms with van der Waals surface area (Å²) >= 11 is 0. The lowest BCUT2D eigenvalue weighted by molar-refractivity contribution is 0.249. The monoisotopic (exact) mass is 495 g/mol. The molecule has 0 saturated carbocycles. The van der Waals surface area contributed by atoms with E-state index in [4.69, 9.17) is 4.74 Å². The van der Waals surface area contributed by atoms with Gasteiger partial charge in [-0.3, -0.25) is 0 Å². The van der Waals surface area contributed by atoms with Crippen LogP contribution in [-0.2, 0) is 28.7 Å². The van der Waals surface area contributed by atoms with Gasteiger partial charge in [-0.25, -0.2) is 13.2 Å². The van der Waals surface area contributed by atoms with Crippen LogP contribution in [0.5, 0.6) is 5.75 Å². The van der Waals surface area contributed by atoms with Crippen molar-refractivity contribution < 1.29 is 17.9 Å². The minimum absolute atomic E-state index is 0.106. The molecule has 0 spiro atoms. The van der Waals surface area contributed by atoms with Crippen molar-refractivity contribution in [3.63, 3.8) is 0 Å². The van der Waals surface area contributed by atoms with Gasteiger partial charge >= 0.3 is 6.03 Å². The van der Waals surface area contributed by atoms with Crippen LogP contribution in [0.1, 0.15) is 49.1 Å². The number of urea groups is 1. The Labute approximate surface area is 207 Å². The summed E-state index contributed by atoms with van der Waals surface area (Å²) < 4.78 is 31.4. The van der Waals surface area contributed by atoms with Crippen LogP contribution < -0.4 is 20.7 Å². The van der Waals surface area contributed by atoms with Gasteiger partial charge in [-0.2, -0.15) is 0 Å². The molecule has 0 aliphatic carbocycles. The molecular weight excluding hydrogens is 462 g/mol. The number of carbonyl (C=O) groups is 1. The normalized spacial score (nSPS) is 13.1. The summed E-state index contributed by atoms with van der Waals surface area (Å²) in [6.45, 7) is 7.45. The molecule has 3 aromatic rings. The Balaban J connectivity index is 0.00000167. The van der Waals surface area contributed by atoms with E-state index in [0.29, 0.717) is 5.69 Å². The second-order valence-electron chi connectivity index (χ2n) is 8.06. The first-order valence-corrected chi connectivity index (χ1v) is 13.4. The third-order valence-electron chi connectivity index (χ3n) is 5.69. The molecule has 1 unspecified atom stereocenters. The Morgan fingerprint density at radius 2 is 1.71 bits per heavy atom. The molecule has 1 aliphatic rings. The lowest BCUT2D eigenvalue weighted by Gasteiger charge is -2.17. The van der Waals surface area contributed by atoms with Crippen LogP contribution in [0, 0.1) is 0 Å². The molecule has 3 N–H and O–H groups in total. The Hall–Kier alpha value is -3.36. The Bertz CT molecular complexity index is 1260. The van der Waals surface area contributed by atoms with Crippen molar-refractivity contribution in [3.05, 3.63) is 89.0 Å². The predicted molar refractivity (Wildman–Crippen MR) is 139 cm³/mol. The highest BCUT2D eigenvalue weighted by molar-refractivity contribution is 7.90. The van der Waals surface area contributed by atoms with Crippen LogP contribution in [0.2, 0.25) is 0 Å². The first-order valence-electron chi connectivity index (χ1n) is 11.7. The molecule has 0 fully saturated rings. The lowest BCUT2D eigenvalue weighted by Crippen LogP contribution is -2.31. The van der Waals surface area contributed by atoms with Gasteiger partial charge in [-0.05, 0) is 41.3 Å². The van der Waals surface area contributed by atoms with Gasteiger partial charge in [0.1, 0.15) is 5.75 Å². The first-order chi connectivity index (χ1) is 16.9. The quantitative estimate of drug-likeness (QED) is 0.420. The Morgan fingerprint density at radius 3 is 2.43 bits per heavy atom. The smallest absolute Gasteiger partial charge is 0.319 e. The standard InChI is InChI=1S/C25H27N3O4S.C2H6/c1-17(19-6-4-3-5-7-19)27-25(29)28-23-11-10-22(13-24(23)32-2)33(30,31)16-18-8-9-20-14-26-15-21(20)12-18;1-2/h3-13,17,26H,14-16H2,1-2H3,(H2,27,28,29);1-2H3. The molecule has 7 nitrogen and oxygen atoms in total. The number of anilines is 1. The zero-order valence-corrected chi connectivity index (χ0v) is 21.4. The number of carbonyl (C=O) groups excluding carboxylic acids is 1. The largest absolute Gasteiger partial charge is 0.495 e. The highest BCUT2D eigenvalue weighted by atomic mass is 32.2. The molecule has 186 valence electrons. The van der Waals surface area contributed by atoms with Gasteiger partial charge in [0.15, 0.2) is 9.84 Å². The highest BCUT2D eigenvalue weighted by Crippen LogP contribution is 2.30. The van der Waals surface area contributed by atoms with Crippen molar-refractivity contribution in [1.29, 1.82) is 0 Å². The van der Waals surface area contributed by atoms with E-state index in [1.54, 1.807) is 6.07 Å². The third-order valence-corrected chi connectivity index (χ3v) is 7.37. The molecule has 8 heteroatoms. The van der Waals surface area contributed by atoms with Crippen LogP contribution in [0.4, 0.5) is 10.5 Å². The number of rotatable bonds is 7. The van der Waals surface area contributed by atoms with E-state index in [9.17, 15) is 13.2 Å². The molecule has 1 heterocycles. The number of ether oxygens (including phenoxy) is 1. The molecule has 4 rings (SSSR count). The van der Waals surface area contributed by atoms with E-state index in [-0.39, 0.29) is 22.4 Å². The molecule has 0 radical (unpaired) electrons. The number of nitrogens with one attached hydrogen (secondary N) is 3. The third kappa shape index (κ3) is 6.61. The van der Waals surface area contributed by atoms with Crippen molar-refractivity contribution in [2.24, 2.45) is 0 Å². The van der Waals surface area contributed by atoms with Crippen LogP contribution >= 0.6 is 0 Å². The number of methoxy groups -OCH3 is 1. The van der Waals surface area contributed by atoms with E-state index in [0.717, 1.165) is 29.8 Å². The molecule has 35 heavy (non-hydrogen) atoms. The average Bonchev–Trinajstić information content (AvgIpc) is 3.33. The summed E-state index contributed by atoms with van der Waals surface area (Å²) in [6, 6.07) is 19.3. The fraction of sp³-hybridized carbons (Fsp3) is 0.296. The van der Waals surface area contributed by atoms with Gasteiger partial charge in [0.25, 0.3) is 0 Å². The van der Waals surface area contributed by atoms with Gasteiger partial charge in [0.2, 0.25) is 0 Å². The van der Waals surface area contributed by atoms with Crippen molar-refractivity contribution >= 4 is 21.6 Å². The summed E-state index contributed by atoms with van der Waals surface area (Å²) in [6.07, 6.45) is 0. The van der Waals surface area contributed by atoms with Crippen LogP contribution in [0.15, 0.2) is 71.6 Å². The maximum atomic E-state index is 13.0. The summed E-state index contributed by atoms with van der Waals surface area (Å²) in [5, 5.41) is 8.87. The average molecular weight is 496 g/mol. The van der Waals surface area contributed by atoms with Crippen molar-refractivity contribution in [2.75, 3.05) is 12.4 Å². The topological polar surface area (TPSA) is 96.5 Å². The Kier molecular flexibility index (Phi) is 8.89. The minimum Gasteiger partial charge on any atom is -0.495 e. The highest BCUT2D eigenvalue weighted by Gasteiger charge is 2.20. The second kappa shape index (κ2) is 11.9. The number of fused-ring (bicyclic) bond motifs is 1. The van der Waals surface area contributed by atoms with Crippen molar-refractivity contribution in [1.82, 2.24) is 10.6 Å². The Morgan fingerprint density at radius 1 is 1.00 bits per heavy atom. The molecule has 3 aromatic carbocycles. The summed E-state index contributed by atoms with van der Waals surface area (Å²) in [7, 11) is -2.15. The molecule has 2 amide bonds. The van der Waals surface area contributed by atoms with E-state index >= 15 is 0 Å². The summed E-state index contributed by atoms with van der Waals surface area (Å²) in [5.41, 5.74) is 4.44. The fourth-order valence-electron chi connectivity index (χ4n) is 3.89. The first kappa shape index (κ1) is 26.2.